The summed E-state index contributed by atoms with van der Waals surface area (Å²) < 4.78 is 0. The summed E-state index contributed by atoms with van der Waals surface area (Å²) in [6.07, 6.45) is 1.90. The number of rotatable bonds is 8. The Hall–Kier alpha value is -4.63. The zero-order chi connectivity index (χ0) is 24.6. The van der Waals surface area contributed by atoms with E-state index in [1.54, 1.807) is 0 Å². The van der Waals surface area contributed by atoms with E-state index in [1.165, 1.54) is 11.1 Å². The van der Waals surface area contributed by atoms with Crippen LogP contribution in [0.15, 0.2) is 151 Å². The van der Waals surface area contributed by atoms with Crippen molar-refractivity contribution in [2.24, 2.45) is 5.10 Å². The van der Waals surface area contributed by atoms with Crippen LogP contribution in [0.1, 0.15) is 22.7 Å². The van der Waals surface area contributed by atoms with E-state index in [-0.39, 0.29) is 6.04 Å². The van der Waals surface area contributed by atoms with Crippen molar-refractivity contribution in [3.8, 4) is 0 Å². The molecule has 0 saturated heterocycles. The maximum Gasteiger partial charge on any atom is 0.0844 e. The third kappa shape index (κ3) is 5.37. The molecule has 0 radical (unpaired) electrons. The second kappa shape index (κ2) is 11.2. The molecule has 5 aromatic carbocycles. The zero-order valence-electron chi connectivity index (χ0n) is 20.4. The molecular weight excluding hydrogens is 438 g/mol. The minimum atomic E-state index is 0.0264. The highest BCUT2D eigenvalue weighted by Gasteiger charge is 2.24. The number of anilines is 3. The van der Waals surface area contributed by atoms with Crippen LogP contribution in [0, 0.1) is 0 Å². The van der Waals surface area contributed by atoms with Crippen LogP contribution in [0.5, 0.6) is 0 Å². The quantitative estimate of drug-likeness (QED) is 0.170. The fourth-order valence-electron chi connectivity index (χ4n) is 4.38. The molecule has 0 saturated carbocycles. The molecule has 0 heterocycles. The SMILES string of the molecule is CN(/N=C/c1ccc(N(c2ccccc2)C(c2ccccc2)c2ccccc2)cc1)c1ccccc1. The van der Waals surface area contributed by atoms with Gasteiger partial charge in [0, 0.05) is 18.4 Å². The lowest BCUT2D eigenvalue weighted by Crippen LogP contribution is -2.25. The predicted octanol–water partition coefficient (Wildman–Crippen LogP) is 8.08. The van der Waals surface area contributed by atoms with Crippen LogP contribution in [0.2, 0.25) is 0 Å². The molecule has 0 spiro atoms. The van der Waals surface area contributed by atoms with E-state index in [4.69, 9.17) is 0 Å². The summed E-state index contributed by atoms with van der Waals surface area (Å²) in [5.41, 5.74) is 6.83. The summed E-state index contributed by atoms with van der Waals surface area (Å²) in [6.45, 7) is 0. The highest BCUT2D eigenvalue weighted by molar-refractivity contribution is 5.82. The Morgan fingerprint density at radius 2 is 0.917 bits per heavy atom. The first-order valence-electron chi connectivity index (χ1n) is 12.2. The Kier molecular flexibility index (Phi) is 7.19. The summed E-state index contributed by atoms with van der Waals surface area (Å²) in [5, 5.41) is 6.50. The lowest BCUT2D eigenvalue weighted by atomic mass is 9.95. The van der Waals surface area contributed by atoms with Gasteiger partial charge in [-0.3, -0.25) is 5.01 Å². The smallest absolute Gasteiger partial charge is 0.0844 e. The molecule has 0 atom stereocenters. The average molecular weight is 468 g/mol. The normalized spacial score (nSPS) is 11.1. The number of hydrazone groups is 1. The number of nitrogens with zero attached hydrogens (tertiary/aromatic N) is 3. The van der Waals surface area contributed by atoms with E-state index >= 15 is 0 Å². The Bertz CT molecular complexity index is 1330. The summed E-state index contributed by atoms with van der Waals surface area (Å²) in [5.74, 6) is 0. The fourth-order valence-corrected chi connectivity index (χ4v) is 4.38. The molecule has 0 fully saturated rings. The minimum absolute atomic E-state index is 0.0264. The largest absolute Gasteiger partial charge is 0.330 e. The number of benzene rings is 5. The number of para-hydroxylation sites is 2. The molecule has 0 aromatic heterocycles. The van der Waals surface area contributed by atoms with Gasteiger partial charge in [0.2, 0.25) is 0 Å². The molecule has 0 bridgehead atoms. The van der Waals surface area contributed by atoms with Crippen molar-refractivity contribution < 1.29 is 0 Å². The number of hydrogen-bond acceptors (Lipinski definition) is 3. The maximum absolute atomic E-state index is 4.62. The molecule has 0 aliphatic carbocycles. The molecule has 0 amide bonds. The van der Waals surface area contributed by atoms with Gasteiger partial charge in [-0.2, -0.15) is 5.10 Å². The Labute approximate surface area is 213 Å². The molecule has 0 unspecified atom stereocenters. The lowest BCUT2D eigenvalue weighted by Gasteiger charge is -2.35. The van der Waals surface area contributed by atoms with Crippen molar-refractivity contribution in [1.82, 2.24) is 0 Å². The third-order valence-electron chi connectivity index (χ3n) is 6.20. The van der Waals surface area contributed by atoms with Gasteiger partial charge >= 0.3 is 0 Å². The van der Waals surface area contributed by atoms with E-state index in [2.05, 4.69) is 125 Å². The van der Waals surface area contributed by atoms with Gasteiger partial charge in [0.1, 0.15) is 0 Å². The van der Waals surface area contributed by atoms with Gasteiger partial charge < -0.3 is 4.90 Å². The van der Waals surface area contributed by atoms with Gasteiger partial charge in [0.15, 0.2) is 0 Å². The maximum atomic E-state index is 4.62. The van der Waals surface area contributed by atoms with E-state index in [0.29, 0.717) is 0 Å². The van der Waals surface area contributed by atoms with Crippen LogP contribution < -0.4 is 9.91 Å². The Balaban J connectivity index is 1.52. The van der Waals surface area contributed by atoms with Gasteiger partial charge in [0.05, 0.1) is 17.9 Å². The van der Waals surface area contributed by atoms with Crippen molar-refractivity contribution in [3.05, 3.63) is 162 Å². The van der Waals surface area contributed by atoms with E-state index < -0.39 is 0 Å². The molecule has 176 valence electrons. The molecule has 3 heteroatoms. The molecule has 36 heavy (non-hydrogen) atoms. The van der Waals surface area contributed by atoms with Crippen LogP contribution >= 0.6 is 0 Å². The first kappa shape index (κ1) is 23.1. The molecule has 3 nitrogen and oxygen atoms in total. The third-order valence-corrected chi connectivity index (χ3v) is 6.20. The molecule has 0 aliphatic heterocycles. The first-order chi connectivity index (χ1) is 17.8. The standard InChI is InChI=1S/C33H29N3/c1-35(30-18-10-4-11-19-30)34-26-27-22-24-32(25-23-27)36(31-20-12-5-13-21-31)33(28-14-6-2-7-15-28)29-16-8-3-9-17-29/h2-26,33H,1H3/b34-26+. The second-order valence-electron chi connectivity index (χ2n) is 8.62. The van der Waals surface area contributed by atoms with E-state index in [0.717, 1.165) is 22.6 Å². The average Bonchev–Trinajstić information content (AvgIpc) is 2.97. The fraction of sp³-hybridized carbons (Fsp3) is 0.0606. The van der Waals surface area contributed by atoms with Crippen molar-refractivity contribution in [1.29, 1.82) is 0 Å². The zero-order valence-corrected chi connectivity index (χ0v) is 20.4. The van der Waals surface area contributed by atoms with Crippen molar-refractivity contribution in [2.75, 3.05) is 17.0 Å². The second-order valence-corrected chi connectivity index (χ2v) is 8.62. The molecule has 5 aromatic rings. The van der Waals surface area contributed by atoms with Gasteiger partial charge in [-0.25, -0.2) is 0 Å². The lowest BCUT2D eigenvalue weighted by molar-refractivity contribution is 0.820. The molecule has 0 N–H and O–H groups in total. The minimum Gasteiger partial charge on any atom is -0.330 e. The van der Waals surface area contributed by atoms with Gasteiger partial charge in [-0.1, -0.05) is 109 Å². The van der Waals surface area contributed by atoms with Gasteiger partial charge in [-0.15, -0.1) is 0 Å². The van der Waals surface area contributed by atoms with Crippen LogP contribution in [0.3, 0.4) is 0 Å². The Morgan fingerprint density at radius 3 is 1.42 bits per heavy atom. The topological polar surface area (TPSA) is 18.8 Å². The Morgan fingerprint density at radius 1 is 0.500 bits per heavy atom. The number of hydrogen-bond donors (Lipinski definition) is 0. The van der Waals surface area contributed by atoms with Crippen molar-refractivity contribution in [3.63, 3.8) is 0 Å². The predicted molar refractivity (Wildman–Crippen MR) is 152 cm³/mol. The van der Waals surface area contributed by atoms with Crippen LogP contribution in [0.4, 0.5) is 17.1 Å². The van der Waals surface area contributed by atoms with E-state index in [1.807, 2.05) is 48.6 Å². The highest BCUT2D eigenvalue weighted by atomic mass is 15.4. The highest BCUT2D eigenvalue weighted by Crippen LogP contribution is 2.39. The summed E-state index contributed by atoms with van der Waals surface area (Å²) in [7, 11) is 1.96. The van der Waals surface area contributed by atoms with Crippen LogP contribution in [0.25, 0.3) is 0 Å². The van der Waals surface area contributed by atoms with Crippen LogP contribution in [-0.4, -0.2) is 13.3 Å². The molecule has 5 rings (SSSR count). The summed E-state index contributed by atoms with van der Waals surface area (Å²) in [4.78, 5) is 2.40. The van der Waals surface area contributed by atoms with Crippen molar-refractivity contribution >= 4 is 23.3 Å². The monoisotopic (exact) mass is 467 g/mol. The van der Waals surface area contributed by atoms with Crippen molar-refractivity contribution in [2.45, 2.75) is 6.04 Å². The van der Waals surface area contributed by atoms with Gasteiger partial charge in [0.25, 0.3) is 0 Å². The summed E-state index contributed by atoms with van der Waals surface area (Å²) in [6, 6.07) is 50.7. The molecule has 0 aliphatic rings. The first-order valence-corrected chi connectivity index (χ1v) is 12.2. The molecular formula is C33H29N3. The van der Waals surface area contributed by atoms with E-state index in [9.17, 15) is 0 Å². The van der Waals surface area contributed by atoms with Crippen LogP contribution in [-0.2, 0) is 0 Å². The summed E-state index contributed by atoms with van der Waals surface area (Å²) >= 11 is 0. The van der Waals surface area contributed by atoms with Gasteiger partial charge in [-0.05, 0) is 53.1 Å².